The van der Waals surface area contributed by atoms with Gasteiger partial charge in [0, 0.05) is 24.1 Å². The molecule has 23 heavy (non-hydrogen) atoms. The molecule has 122 valence electrons. The van der Waals surface area contributed by atoms with E-state index >= 15 is 0 Å². The molecular formula is C17H20N2O3S. The van der Waals surface area contributed by atoms with Gasteiger partial charge in [-0.2, -0.15) is 0 Å². The highest BCUT2D eigenvalue weighted by molar-refractivity contribution is 7.14. The molecule has 0 saturated carbocycles. The quantitative estimate of drug-likeness (QED) is 0.603. The van der Waals surface area contributed by atoms with Crippen molar-refractivity contribution in [2.75, 3.05) is 7.05 Å². The third-order valence-corrected chi connectivity index (χ3v) is 5.16. The molecule has 0 aliphatic heterocycles. The van der Waals surface area contributed by atoms with Crippen molar-refractivity contribution in [2.45, 2.75) is 33.2 Å². The van der Waals surface area contributed by atoms with E-state index in [-0.39, 0.29) is 17.6 Å². The summed E-state index contributed by atoms with van der Waals surface area (Å²) in [6, 6.07) is 8.12. The lowest BCUT2D eigenvalue weighted by atomic mass is 10.1. The van der Waals surface area contributed by atoms with E-state index in [1.54, 1.807) is 24.1 Å². The summed E-state index contributed by atoms with van der Waals surface area (Å²) in [5.74, 6) is -0.0585. The average Bonchev–Trinajstić information content (AvgIpc) is 2.93. The number of thiophene rings is 1. The van der Waals surface area contributed by atoms with Gasteiger partial charge >= 0.3 is 0 Å². The van der Waals surface area contributed by atoms with Gasteiger partial charge in [0.05, 0.1) is 15.8 Å². The number of non-ortho nitro benzene ring substituents is 1. The Bertz CT molecular complexity index is 739. The van der Waals surface area contributed by atoms with Gasteiger partial charge in [-0.05, 0) is 37.5 Å². The standard InChI is InChI=1S/C17H20N2O3S/c1-5-13-10-16(23-12(13)3)17(20)18(4)11(2)14-7-6-8-15(9-14)19(21)22/h6-11H,5H2,1-4H3/t11-/m1/s1. The number of carbonyl (C=O) groups is 1. The molecule has 0 saturated heterocycles. The Labute approximate surface area is 139 Å². The van der Waals surface area contributed by atoms with Crippen LogP contribution in [-0.2, 0) is 6.42 Å². The Morgan fingerprint density at radius 1 is 1.39 bits per heavy atom. The first-order valence-corrected chi connectivity index (χ1v) is 8.27. The van der Waals surface area contributed by atoms with E-state index in [2.05, 4.69) is 6.92 Å². The summed E-state index contributed by atoms with van der Waals surface area (Å²) >= 11 is 1.50. The summed E-state index contributed by atoms with van der Waals surface area (Å²) in [6.45, 7) is 5.96. The zero-order valence-corrected chi connectivity index (χ0v) is 14.5. The Kier molecular flexibility index (Phi) is 5.15. The molecule has 6 heteroatoms. The number of nitrogens with zero attached hydrogens (tertiary/aromatic N) is 2. The van der Waals surface area contributed by atoms with Gasteiger partial charge in [0.15, 0.2) is 0 Å². The molecule has 0 spiro atoms. The number of amides is 1. The van der Waals surface area contributed by atoms with Crippen molar-refractivity contribution in [1.29, 1.82) is 0 Å². The van der Waals surface area contributed by atoms with Gasteiger partial charge in [0.2, 0.25) is 0 Å². The van der Waals surface area contributed by atoms with Crippen LogP contribution in [-0.4, -0.2) is 22.8 Å². The maximum atomic E-state index is 12.7. The molecule has 0 bridgehead atoms. The summed E-state index contributed by atoms with van der Waals surface area (Å²) in [5, 5.41) is 10.9. The van der Waals surface area contributed by atoms with Crippen LogP contribution in [0, 0.1) is 17.0 Å². The third kappa shape index (κ3) is 3.59. The monoisotopic (exact) mass is 332 g/mol. The first kappa shape index (κ1) is 17.1. The molecule has 2 aromatic rings. The molecule has 1 heterocycles. The molecule has 5 nitrogen and oxygen atoms in total. The van der Waals surface area contributed by atoms with E-state index < -0.39 is 4.92 Å². The van der Waals surface area contributed by atoms with Gasteiger partial charge in [-0.15, -0.1) is 11.3 Å². The predicted octanol–water partition coefficient (Wildman–Crippen LogP) is 4.36. The van der Waals surface area contributed by atoms with E-state index in [1.807, 2.05) is 19.9 Å². The van der Waals surface area contributed by atoms with Crippen LogP contribution in [0.3, 0.4) is 0 Å². The number of nitro groups is 1. The molecule has 0 N–H and O–H groups in total. The molecule has 0 unspecified atom stereocenters. The molecule has 1 amide bonds. The fourth-order valence-corrected chi connectivity index (χ4v) is 3.54. The van der Waals surface area contributed by atoms with Crippen molar-refractivity contribution in [2.24, 2.45) is 0 Å². The van der Waals surface area contributed by atoms with E-state index in [9.17, 15) is 14.9 Å². The van der Waals surface area contributed by atoms with Crippen LogP contribution >= 0.6 is 11.3 Å². The molecule has 1 aromatic carbocycles. The number of carbonyl (C=O) groups excluding carboxylic acids is 1. The molecule has 0 aliphatic rings. The van der Waals surface area contributed by atoms with Gasteiger partial charge in [0.25, 0.3) is 11.6 Å². The van der Waals surface area contributed by atoms with Crippen LogP contribution in [0.4, 0.5) is 5.69 Å². The van der Waals surface area contributed by atoms with Gasteiger partial charge in [-0.25, -0.2) is 0 Å². The number of hydrogen-bond donors (Lipinski definition) is 0. The van der Waals surface area contributed by atoms with Crippen molar-refractivity contribution in [1.82, 2.24) is 4.90 Å². The molecule has 0 aliphatic carbocycles. The van der Waals surface area contributed by atoms with Crippen LogP contribution in [0.2, 0.25) is 0 Å². The number of rotatable bonds is 5. The van der Waals surface area contributed by atoms with Crippen LogP contribution in [0.5, 0.6) is 0 Å². The fraction of sp³-hybridized carbons (Fsp3) is 0.353. The molecule has 1 atom stereocenters. The van der Waals surface area contributed by atoms with Crippen molar-refractivity contribution in [3.63, 3.8) is 0 Å². The Morgan fingerprint density at radius 2 is 2.09 bits per heavy atom. The van der Waals surface area contributed by atoms with Crippen molar-refractivity contribution >= 4 is 22.9 Å². The predicted molar refractivity (Wildman–Crippen MR) is 92.0 cm³/mol. The smallest absolute Gasteiger partial charge is 0.269 e. The fourth-order valence-electron chi connectivity index (χ4n) is 2.45. The average molecular weight is 332 g/mol. The van der Waals surface area contributed by atoms with E-state index in [0.29, 0.717) is 4.88 Å². The van der Waals surface area contributed by atoms with Gasteiger partial charge in [-0.3, -0.25) is 14.9 Å². The normalized spacial score (nSPS) is 12.0. The van der Waals surface area contributed by atoms with Crippen molar-refractivity contribution in [3.8, 4) is 0 Å². The highest BCUT2D eigenvalue weighted by atomic mass is 32.1. The lowest BCUT2D eigenvalue weighted by Crippen LogP contribution is -2.29. The molecule has 0 radical (unpaired) electrons. The van der Waals surface area contributed by atoms with E-state index in [4.69, 9.17) is 0 Å². The maximum Gasteiger partial charge on any atom is 0.269 e. The largest absolute Gasteiger partial charge is 0.334 e. The Hall–Kier alpha value is -2.21. The van der Waals surface area contributed by atoms with Crippen LogP contribution in [0.1, 0.15) is 45.6 Å². The zero-order valence-electron chi connectivity index (χ0n) is 13.7. The van der Waals surface area contributed by atoms with Crippen LogP contribution < -0.4 is 0 Å². The zero-order chi connectivity index (χ0) is 17.1. The SMILES string of the molecule is CCc1cc(C(=O)N(C)[C@H](C)c2cccc([N+](=O)[O-])c2)sc1C. The molecular weight excluding hydrogens is 312 g/mol. The second-order valence-corrected chi connectivity index (χ2v) is 6.75. The molecule has 0 fully saturated rings. The lowest BCUT2D eigenvalue weighted by molar-refractivity contribution is -0.384. The van der Waals surface area contributed by atoms with Gasteiger partial charge < -0.3 is 4.90 Å². The molecule has 1 aromatic heterocycles. The first-order chi connectivity index (χ1) is 10.8. The van der Waals surface area contributed by atoms with Crippen LogP contribution in [0.25, 0.3) is 0 Å². The number of hydrogen-bond acceptors (Lipinski definition) is 4. The minimum absolute atomic E-state index is 0.0374. The van der Waals surface area contributed by atoms with E-state index in [1.165, 1.54) is 29.0 Å². The minimum atomic E-state index is -0.422. The lowest BCUT2D eigenvalue weighted by Gasteiger charge is -2.24. The van der Waals surface area contributed by atoms with Crippen molar-refractivity contribution in [3.05, 3.63) is 61.3 Å². The third-order valence-electron chi connectivity index (χ3n) is 4.08. The number of benzene rings is 1. The highest BCUT2D eigenvalue weighted by Crippen LogP contribution is 2.28. The topological polar surface area (TPSA) is 63.5 Å². The van der Waals surface area contributed by atoms with Crippen molar-refractivity contribution < 1.29 is 9.72 Å². The highest BCUT2D eigenvalue weighted by Gasteiger charge is 2.22. The Morgan fingerprint density at radius 3 is 2.65 bits per heavy atom. The summed E-state index contributed by atoms with van der Waals surface area (Å²) in [7, 11) is 1.73. The Balaban J connectivity index is 2.24. The van der Waals surface area contributed by atoms with Gasteiger partial charge in [0.1, 0.15) is 0 Å². The minimum Gasteiger partial charge on any atom is -0.334 e. The second-order valence-electron chi connectivity index (χ2n) is 5.49. The number of nitro benzene ring substituents is 1. The summed E-state index contributed by atoms with van der Waals surface area (Å²) in [6.07, 6.45) is 0.903. The summed E-state index contributed by atoms with van der Waals surface area (Å²) in [5.41, 5.74) is 1.98. The summed E-state index contributed by atoms with van der Waals surface area (Å²) in [4.78, 5) is 26.6. The summed E-state index contributed by atoms with van der Waals surface area (Å²) < 4.78 is 0. The maximum absolute atomic E-state index is 12.7. The molecule has 2 rings (SSSR count). The van der Waals surface area contributed by atoms with Crippen LogP contribution in [0.15, 0.2) is 30.3 Å². The van der Waals surface area contributed by atoms with E-state index in [0.717, 1.165) is 16.9 Å². The number of aryl methyl sites for hydroxylation is 2. The second kappa shape index (κ2) is 6.91. The van der Waals surface area contributed by atoms with Gasteiger partial charge in [-0.1, -0.05) is 19.1 Å². The first-order valence-electron chi connectivity index (χ1n) is 7.46.